The molecule has 31 heavy (non-hydrogen) atoms. The first-order chi connectivity index (χ1) is 14.3. The third kappa shape index (κ3) is 6.05. The molecule has 1 unspecified atom stereocenters. The van der Waals surface area contributed by atoms with Gasteiger partial charge in [0, 0.05) is 45.6 Å². The first-order valence-corrected chi connectivity index (χ1v) is 10.7. The third-order valence-electron chi connectivity index (χ3n) is 3.85. The molecule has 0 radical (unpaired) electrons. The molecule has 0 aliphatic rings. The first-order valence-electron chi connectivity index (χ1n) is 8.86. The number of rotatable bonds is 6. The molecule has 1 atom stereocenters. The van der Waals surface area contributed by atoms with Crippen LogP contribution in [0.25, 0.3) is 16.9 Å². The van der Waals surface area contributed by atoms with Crippen LogP contribution in [-0.2, 0) is 11.3 Å². The Labute approximate surface area is 183 Å². The average Bonchev–Trinajstić information content (AvgIpc) is 3.00. The van der Waals surface area contributed by atoms with Gasteiger partial charge in [0.15, 0.2) is 0 Å². The van der Waals surface area contributed by atoms with E-state index in [9.17, 15) is 21.9 Å². The lowest BCUT2D eigenvalue weighted by atomic mass is 10.1. The number of fused-ring (bicyclic) bond motifs is 1. The maximum absolute atomic E-state index is 12.8. The van der Waals surface area contributed by atoms with Gasteiger partial charge in [-0.2, -0.15) is 0 Å². The molecule has 1 N–H and O–H groups in total. The normalized spacial score (nSPS) is 13.3. The monoisotopic (exact) mass is 474 g/mol. The Morgan fingerprint density at radius 3 is 2.48 bits per heavy atom. The molecule has 0 fully saturated rings. The molecular weight excluding hydrogens is 455 g/mol. The highest BCUT2D eigenvalue weighted by molar-refractivity contribution is 8.00. The minimum Gasteiger partial charge on any atom is -0.755 e. The lowest BCUT2D eigenvalue weighted by Gasteiger charge is -2.20. The van der Waals surface area contributed by atoms with Gasteiger partial charge in [0.05, 0.1) is 23.9 Å². The largest absolute Gasteiger partial charge is 0.755 e. The lowest BCUT2D eigenvalue weighted by Crippen LogP contribution is -2.17. The molecule has 7 nitrogen and oxygen atoms in total. The van der Waals surface area contributed by atoms with Gasteiger partial charge in [0.25, 0.3) is 0 Å². The van der Waals surface area contributed by atoms with Crippen molar-refractivity contribution < 1.29 is 31.4 Å². The molecule has 3 rings (SSSR count). The van der Waals surface area contributed by atoms with E-state index in [0.717, 1.165) is 17.0 Å². The van der Waals surface area contributed by atoms with Crippen molar-refractivity contribution in [3.63, 3.8) is 0 Å². The van der Waals surface area contributed by atoms with Gasteiger partial charge < -0.3 is 18.7 Å². The van der Waals surface area contributed by atoms with Crippen molar-refractivity contribution in [1.29, 1.82) is 0 Å². The van der Waals surface area contributed by atoms with Crippen LogP contribution >= 0.6 is 11.8 Å². The second-order valence-electron chi connectivity index (χ2n) is 7.42. The molecule has 0 bridgehead atoms. The van der Waals surface area contributed by atoms with Crippen molar-refractivity contribution in [1.82, 2.24) is 9.38 Å². The summed E-state index contributed by atoms with van der Waals surface area (Å²) in [6.45, 7) is 6.11. The van der Waals surface area contributed by atoms with Crippen molar-refractivity contribution in [3.05, 3.63) is 36.7 Å². The van der Waals surface area contributed by atoms with E-state index < -0.39 is 23.4 Å². The fraction of sp³-hybridized carbons (Fsp3) is 0.316. The maximum atomic E-state index is 12.8. The fourth-order valence-corrected chi connectivity index (χ4v) is 4.23. The molecule has 12 heteroatoms. The smallest absolute Gasteiger partial charge is 0.573 e. The van der Waals surface area contributed by atoms with Crippen molar-refractivity contribution in [2.75, 3.05) is 11.8 Å². The zero-order chi connectivity index (χ0) is 23.0. The van der Waals surface area contributed by atoms with Crippen LogP contribution in [0.4, 0.5) is 18.9 Å². The predicted molar refractivity (Wildman–Crippen MR) is 112 cm³/mol. The number of ether oxygens (including phenoxy) is 2. The second-order valence-corrected chi connectivity index (χ2v) is 9.97. The number of aromatic nitrogens is 2. The number of benzene rings is 1. The van der Waals surface area contributed by atoms with Gasteiger partial charge in [0.1, 0.15) is 17.1 Å². The maximum Gasteiger partial charge on any atom is 0.573 e. The van der Waals surface area contributed by atoms with E-state index >= 15 is 0 Å². The molecule has 0 amide bonds. The van der Waals surface area contributed by atoms with Crippen molar-refractivity contribution >= 4 is 34.4 Å². The number of halogens is 3. The van der Waals surface area contributed by atoms with E-state index in [-0.39, 0.29) is 16.0 Å². The second kappa shape index (κ2) is 8.60. The summed E-state index contributed by atoms with van der Waals surface area (Å²) in [5.41, 5.74) is 1.15. The van der Waals surface area contributed by atoms with Gasteiger partial charge in [-0.25, -0.2) is 4.98 Å². The van der Waals surface area contributed by atoms with E-state index in [1.54, 1.807) is 35.5 Å². The zero-order valence-corrected chi connectivity index (χ0v) is 18.6. The van der Waals surface area contributed by atoms with E-state index in [1.165, 1.54) is 12.3 Å². The Bertz CT molecular complexity index is 1130. The van der Waals surface area contributed by atoms with Crippen LogP contribution in [0.3, 0.4) is 0 Å². The van der Waals surface area contributed by atoms with Gasteiger partial charge in [-0.1, -0.05) is 20.8 Å². The summed E-state index contributed by atoms with van der Waals surface area (Å²) in [5.74, 6) is 0.0496. The van der Waals surface area contributed by atoms with Crippen molar-refractivity contribution in [3.8, 4) is 22.8 Å². The van der Waals surface area contributed by atoms with Crippen LogP contribution in [0, 0.1) is 0 Å². The topological polar surface area (TPSA) is 87.9 Å². The molecule has 2 heterocycles. The Balaban J connectivity index is 2.16. The van der Waals surface area contributed by atoms with Gasteiger partial charge in [-0.15, -0.1) is 24.9 Å². The Morgan fingerprint density at radius 2 is 1.90 bits per heavy atom. The van der Waals surface area contributed by atoms with Crippen LogP contribution in [0.2, 0.25) is 0 Å². The van der Waals surface area contributed by atoms with Crippen LogP contribution in [0.5, 0.6) is 11.5 Å². The highest BCUT2D eigenvalue weighted by Gasteiger charge is 2.31. The highest BCUT2D eigenvalue weighted by atomic mass is 32.2. The first kappa shape index (κ1) is 23.2. The van der Waals surface area contributed by atoms with Crippen LogP contribution in [0.15, 0.2) is 41.6 Å². The van der Waals surface area contributed by atoms with Crippen LogP contribution < -0.4 is 14.2 Å². The Morgan fingerprint density at radius 1 is 1.19 bits per heavy atom. The number of nitrogens with zero attached hydrogens (tertiary/aromatic N) is 2. The van der Waals surface area contributed by atoms with Crippen LogP contribution in [-0.4, -0.2) is 36.4 Å². The predicted octanol–water partition coefficient (Wildman–Crippen LogP) is 5.01. The van der Waals surface area contributed by atoms with Crippen molar-refractivity contribution in [2.45, 2.75) is 36.8 Å². The standard InChI is InChI=1S/C19H20F3N3O4S2/c1-18(2,3)30-16-10-25-14(9-23-17(25)8-15(16)28-4)11-5-12(24-31(26)27)7-13(6-11)29-19(20,21)22/h5-10,24H,1-4H3,(H,26,27)/p-1. The molecule has 0 aliphatic heterocycles. The molecule has 0 spiro atoms. The van der Waals surface area contributed by atoms with Crippen molar-refractivity contribution in [2.24, 2.45) is 0 Å². The minimum absolute atomic E-state index is 0.0853. The number of pyridine rings is 1. The quantitative estimate of drug-likeness (QED) is 0.399. The van der Waals surface area contributed by atoms with E-state index in [4.69, 9.17) is 4.74 Å². The average molecular weight is 475 g/mol. The summed E-state index contributed by atoms with van der Waals surface area (Å²) in [4.78, 5) is 5.11. The molecule has 0 saturated heterocycles. The summed E-state index contributed by atoms with van der Waals surface area (Å²) in [6.07, 6.45) is -1.68. The van der Waals surface area contributed by atoms with E-state index in [2.05, 4.69) is 14.4 Å². The molecule has 1 aromatic carbocycles. The molecule has 168 valence electrons. The van der Waals surface area contributed by atoms with Gasteiger partial charge in [0.2, 0.25) is 0 Å². The number of imidazole rings is 1. The molecular formula is C19H19F3N3O4S2-. The van der Waals surface area contributed by atoms with E-state index in [1.807, 2.05) is 20.8 Å². The summed E-state index contributed by atoms with van der Waals surface area (Å²) in [5, 5.41) is 0. The highest BCUT2D eigenvalue weighted by Crippen LogP contribution is 2.40. The van der Waals surface area contributed by atoms with Crippen LogP contribution in [0.1, 0.15) is 20.8 Å². The number of nitrogens with one attached hydrogen (secondary N) is 1. The Hall–Kier alpha value is -2.44. The fourth-order valence-electron chi connectivity index (χ4n) is 2.86. The summed E-state index contributed by atoms with van der Waals surface area (Å²) in [7, 11) is 1.54. The lowest BCUT2D eigenvalue weighted by molar-refractivity contribution is -0.274. The molecule has 0 saturated carbocycles. The SMILES string of the molecule is COc1cc2ncc(-c3cc(NS(=O)[O-])cc(OC(F)(F)F)c3)n2cc1SC(C)(C)C. The third-order valence-corrected chi connectivity index (χ3v) is 5.39. The number of thioether (sulfide) groups is 1. The molecule has 0 aliphatic carbocycles. The number of hydrogen-bond donors (Lipinski definition) is 1. The summed E-state index contributed by atoms with van der Waals surface area (Å²) >= 11 is -1.17. The summed E-state index contributed by atoms with van der Waals surface area (Å²) in [6, 6.07) is 5.22. The number of hydrogen-bond acceptors (Lipinski definition) is 6. The summed E-state index contributed by atoms with van der Waals surface area (Å²) < 4.78 is 73.4. The van der Waals surface area contributed by atoms with Gasteiger partial charge in [-0.3, -0.25) is 8.61 Å². The van der Waals surface area contributed by atoms with Gasteiger partial charge in [-0.05, 0) is 12.1 Å². The number of anilines is 1. The molecule has 3 aromatic rings. The number of methoxy groups -OCH3 is 1. The zero-order valence-electron chi connectivity index (χ0n) is 16.9. The number of alkyl halides is 3. The Kier molecular flexibility index (Phi) is 6.44. The minimum atomic E-state index is -4.93. The van der Waals surface area contributed by atoms with E-state index in [0.29, 0.717) is 17.1 Å². The van der Waals surface area contributed by atoms with Gasteiger partial charge >= 0.3 is 6.36 Å². The molecule has 2 aromatic heterocycles.